The Labute approximate surface area is 134 Å². The normalized spacial score (nSPS) is 20.9. The summed E-state index contributed by atoms with van der Waals surface area (Å²) in [5.74, 6) is 0. The molecule has 2 unspecified atom stereocenters. The van der Waals surface area contributed by atoms with Crippen LogP contribution in [0.15, 0.2) is 0 Å². The van der Waals surface area contributed by atoms with Crippen LogP contribution in [0.25, 0.3) is 0 Å². The lowest BCUT2D eigenvalue weighted by Crippen LogP contribution is -1.94. The van der Waals surface area contributed by atoms with Crippen LogP contribution in [-0.2, 0) is 4.74 Å². The lowest BCUT2D eigenvalue weighted by molar-refractivity contribution is 0.348. The Hall–Kier alpha value is -0.0400. The van der Waals surface area contributed by atoms with Gasteiger partial charge < -0.3 is 4.74 Å². The van der Waals surface area contributed by atoms with Gasteiger partial charge in [-0.15, -0.1) is 0 Å². The van der Waals surface area contributed by atoms with Gasteiger partial charge in [0.15, 0.2) is 0 Å². The third-order valence-corrected chi connectivity index (χ3v) is 4.87. The quantitative estimate of drug-likeness (QED) is 0.220. The lowest BCUT2D eigenvalue weighted by atomic mass is 10.0. The molecule has 1 fully saturated rings. The standard InChI is InChI=1S/C20H40O/c1-3-5-7-8-9-10-11-12-13-14-16-18-20-19(21-20)17-15-6-4-2/h19-20H,3-18H2,1-2H3. The highest BCUT2D eigenvalue weighted by molar-refractivity contribution is 4.84. The molecule has 21 heavy (non-hydrogen) atoms. The maximum absolute atomic E-state index is 5.76. The molecule has 0 aliphatic carbocycles. The zero-order valence-electron chi connectivity index (χ0n) is 14.9. The Morgan fingerprint density at radius 2 is 0.810 bits per heavy atom. The summed E-state index contributed by atoms with van der Waals surface area (Å²) in [5.41, 5.74) is 0. The van der Waals surface area contributed by atoms with Gasteiger partial charge in [-0.2, -0.15) is 0 Å². The van der Waals surface area contributed by atoms with Gasteiger partial charge in [-0.05, 0) is 12.8 Å². The van der Waals surface area contributed by atoms with Crippen molar-refractivity contribution in [1.29, 1.82) is 0 Å². The molecule has 1 aliphatic heterocycles. The molecule has 1 rings (SSSR count). The van der Waals surface area contributed by atoms with Gasteiger partial charge in [0.05, 0.1) is 12.2 Å². The highest BCUT2D eigenvalue weighted by atomic mass is 16.6. The number of ether oxygens (including phenoxy) is 1. The molecule has 0 amide bonds. The van der Waals surface area contributed by atoms with E-state index in [1.54, 1.807) is 0 Å². The monoisotopic (exact) mass is 296 g/mol. The molecule has 0 aromatic carbocycles. The molecule has 2 atom stereocenters. The first-order valence-corrected chi connectivity index (χ1v) is 10.0. The number of unbranched alkanes of at least 4 members (excludes halogenated alkanes) is 12. The molecule has 1 saturated heterocycles. The molecular weight excluding hydrogens is 256 g/mol. The largest absolute Gasteiger partial charge is 0.370 e. The molecule has 1 aliphatic rings. The Balaban J connectivity index is 1.70. The Bertz CT molecular complexity index is 214. The second-order valence-electron chi connectivity index (χ2n) is 7.03. The molecule has 1 heterocycles. The number of rotatable bonds is 16. The summed E-state index contributed by atoms with van der Waals surface area (Å²) in [6.07, 6.45) is 23.8. The second-order valence-corrected chi connectivity index (χ2v) is 7.03. The molecule has 126 valence electrons. The van der Waals surface area contributed by atoms with Crippen LogP contribution in [0.3, 0.4) is 0 Å². The first kappa shape index (κ1) is 19.0. The third-order valence-electron chi connectivity index (χ3n) is 4.87. The maximum Gasteiger partial charge on any atom is 0.0841 e. The van der Waals surface area contributed by atoms with Crippen molar-refractivity contribution >= 4 is 0 Å². The molecule has 0 radical (unpaired) electrons. The van der Waals surface area contributed by atoms with Crippen LogP contribution in [0.2, 0.25) is 0 Å². The molecule has 1 nitrogen and oxygen atoms in total. The van der Waals surface area contributed by atoms with E-state index in [4.69, 9.17) is 4.74 Å². The molecule has 0 aromatic heterocycles. The van der Waals surface area contributed by atoms with Gasteiger partial charge in [0.2, 0.25) is 0 Å². The van der Waals surface area contributed by atoms with Crippen molar-refractivity contribution in [3.8, 4) is 0 Å². The summed E-state index contributed by atoms with van der Waals surface area (Å²) >= 11 is 0. The van der Waals surface area contributed by atoms with Crippen LogP contribution >= 0.6 is 0 Å². The minimum atomic E-state index is 0.639. The van der Waals surface area contributed by atoms with Crippen molar-refractivity contribution in [2.24, 2.45) is 0 Å². The lowest BCUT2D eigenvalue weighted by Gasteiger charge is -2.02. The van der Waals surface area contributed by atoms with E-state index in [0.717, 1.165) is 0 Å². The van der Waals surface area contributed by atoms with E-state index in [1.807, 2.05) is 0 Å². The fraction of sp³-hybridized carbons (Fsp3) is 1.00. The van der Waals surface area contributed by atoms with E-state index in [2.05, 4.69) is 13.8 Å². The van der Waals surface area contributed by atoms with Gasteiger partial charge in [0.1, 0.15) is 0 Å². The summed E-state index contributed by atoms with van der Waals surface area (Å²) in [5, 5.41) is 0. The molecule has 0 bridgehead atoms. The van der Waals surface area contributed by atoms with Crippen molar-refractivity contribution in [2.45, 2.75) is 129 Å². The van der Waals surface area contributed by atoms with E-state index in [0.29, 0.717) is 12.2 Å². The Morgan fingerprint density at radius 3 is 1.29 bits per heavy atom. The van der Waals surface area contributed by atoms with E-state index >= 15 is 0 Å². The smallest absolute Gasteiger partial charge is 0.0841 e. The van der Waals surface area contributed by atoms with Crippen molar-refractivity contribution < 1.29 is 4.74 Å². The SMILES string of the molecule is CCCCCCCCCCCCCC1OC1CCCCC. The summed E-state index contributed by atoms with van der Waals surface area (Å²) < 4.78 is 5.76. The second kappa shape index (κ2) is 13.6. The Kier molecular flexibility index (Phi) is 12.3. The van der Waals surface area contributed by atoms with E-state index in [-0.39, 0.29) is 0 Å². The fourth-order valence-electron chi connectivity index (χ4n) is 3.29. The van der Waals surface area contributed by atoms with Crippen molar-refractivity contribution in [3.05, 3.63) is 0 Å². The first-order chi connectivity index (χ1) is 10.4. The van der Waals surface area contributed by atoms with Crippen LogP contribution in [0.4, 0.5) is 0 Å². The number of epoxide rings is 1. The van der Waals surface area contributed by atoms with Crippen molar-refractivity contribution in [2.75, 3.05) is 0 Å². The summed E-state index contributed by atoms with van der Waals surface area (Å²) in [6, 6.07) is 0. The Morgan fingerprint density at radius 1 is 0.476 bits per heavy atom. The third kappa shape index (κ3) is 11.2. The van der Waals surface area contributed by atoms with Crippen LogP contribution in [-0.4, -0.2) is 12.2 Å². The molecule has 1 heteroatoms. The first-order valence-electron chi connectivity index (χ1n) is 10.0. The summed E-state index contributed by atoms with van der Waals surface area (Å²) in [4.78, 5) is 0. The van der Waals surface area contributed by atoms with Crippen LogP contribution in [0.5, 0.6) is 0 Å². The average Bonchev–Trinajstić information content (AvgIpc) is 3.23. The highest BCUT2D eigenvalue weighted by Gasteiger charge is 2.36. The van der Waals surface area contributed by atoms with Gasteiger partial charge in [0.25, 0.3) is 0 Å². The molecule has 0 spiro atoms. The van der Waals surface area contributed by atoms with Crippen LogP contribution in [0.1, 0.15) is 117 Å². The van der Waals surface area contributed by atoms with Crippen LogP contribution < -0.4 is 0 Å². The molecular formula is C20H40O. The van der Waals surface area contributed by atoms with Gasteiger partial charge in [0, 0.05) is 0 Å². The van der Waals surface area contributed by atoms with Gasteiger partial charge in [-0.1, -0.05) is 104 Å². The summed E-state index contributed by atoms with van der Waals surface area (Å²) in [6.45, 7) is 4.57. The molecule has 0 N–H and O–H groups in total. The zero-order valence-corrected chi connectivity index (χ0v) is 14.9. The highest BCUT2D eigenvalue weighted by Crippen LogP contribution is 2.31. The molecule has 0 aromatic rings. The van der Waals surface area contributed by atoms with Gasteiger partial charge in [-0.25, -0.2) is 0 Å². The number of hydrogen-bond donors (Lipinski definition) is 0. The van der Waals surface area contributed by atoms with Gasteiger partial charge >= 0.3 is 0 Å². The van der Waals surface area contributed by atoms with Crippen molar-refractivity contribution in [1.82, 2.24) is 0 Å². The van der Waals surface area contributed by atoms with E-state index in [9.17, 15) is 0 Å². The predicted octanol–water partition coefficient (Wildman–Crippen LogP) is 7.04. The fourth-order valence-corrected chi connectivity index (χ4v) is 3.29. The minimum Gasteiger partial charge on any atom is -0.370 e. The van der Waals surface area contributed by atoms with E-state index < -0.39 is 0 Å². The minimum absolute atomic E-state index is 0.639. The van der Waals surface area contributed by atoms with Crippen molar-refractivity contribution in [3.63, 3.8) is 0 Å². The zero-order chi connectivity index (χ0) is 15.2. The molecule has 0 saturated carbocycles. The van der Waals surface area contributed by atoms with Crippen LogP contribution in [0, 0.1) is 0 Å². The topological polar surface area (TPSA) is 12.5 Å². The van der Waals surface area contributed by atoms with E-state index in [1.165, 1.54) is 103 Å². The predicted molar refractivity (Wildman–Crippen MR) is 93.9 cm³/mol. The summed E-state index contributed by atoms with van der Waals surface area (Å²) in [7, 11) is 0. The van der Waals surface area contributed by atoms with Gasteiger partial charge in [-0.3, -0.25) is 0 Å². The number of hydrogen-bond acceptors (Lipinski definition) is 1. The average molecular weight is 297 g/mol. The maximum atomic E-state index is 5.76.